The summed E-state index contributed by atoms with van der Waals surface area (Å²) in [7, 11) is 2.01. The van der Waals surface area contributed by atoms with Crippen LogP contribution in [0.5, 0.6) is 0 Å². The van der Waals surface area contributed by atoms with Crippen molar-refractivity contribution in [2.24, 2.45) is 13.0 Å². The van der Waals surface area contributed by atoms with Gasteiger partial charge in [0.25, 0.3) is 0 Å². The molecule has 0 bridgehead atoms. The minimum absolute atomic E-state index is 0.280. The van der Waals surface area contributed by atoms with Crippen LogP contribution in [-0.2, 0) is 23.1 Å². The molecular weight excluding hydrogens is 280 g/mol. The number of nitrogens with zero attached hydrogens (tertiary/aromatic N) is 2. The number of para-hydroxylation sites is 1. The van der Waals surface area contributed by atoms with Crippen molar-refractivity contribution in [3.8, 4) is 0 Å². The third-order valence-corrected chi connectivity index (χ3v) is 4.74. The highest BCUT2D eigenvalue weighted by Gasteiger charge is 2.41. The number of fused-ring (bicyclic) bond motifs is 5. The van der Waals surface area contributed by atoms with Crippen molar-refractivity contribution >= 4 is 16.9 Å². The molecule has 1 aromatic carbocycles. The van der Waals surface area contributed by atoms with Crippen LogP contribution < -0.4 is 0 Å². The van der Waals surface area contributed by atoms with Gasteiger partial charge in [-0.05, 0) is 18.1 Å². The Morgan fingerprint density at radius 1 is 1.36 bits per heavy atom. The van der Waals surface area contributed by atoms with Gasteiger partial charge in [0, 0.05) is 30.2 Å². The van der Waals surface area contributed by atoms with Crippen molar-refractivity contribution in [2.45, 2.75) is 12.5 Å². The van der Waals surface area contributed by atoms with Crippen LogP contribution in [0.15, 0.2) is 36.4 Å². The number of aryl methyl sites for hydroxylation is 1. The van der Waals surface area contributed by atoms with E-state index < -0.39 is 11.9 Å². The van der Waals surface area contributed by atoms with E-state index in [4.69, 9.17) is 4.84 Å². The molecule has 3 heterocycles. The average Bonchev–Trinajstić information content (AvgIpc) is 2.69. The molecule has 0 radical (unpaired) electrons. The molecule has 1 N–H and O–H groups in total. The Morgan fingerprint density at radius 2 is 2.18 bits per heavy atom. The van der Waals surface area contributed by atoms with Crippen molar-refractivity contribution in [2.75, 3.05) is 13.2 Å². The molecule has 2 aromatic rings. The fourth-order valence-corrected chi connectivity index (χ4v) is 3.79. The van der Waals surface area contributed by atoms with Gasteiger partial charge in [-0.1, -0.05) is 30.4 Å². The molecule has 2 aliphatic rings. The molecule has 0 aliphatic carbocycles. The van der Waals surface area contributed by atoms with Crippen LogP contribution in [0.1, 0.15) is 17.3 Å². The number of hydrogen-bond acceptors (Lipinski definition) is 3. The molecule has 0 fully saturated rings. The summed E-state index contributed by atoms with van der Waals surface area (Å²) in [4.78, 5) is 17.5. The Labute approximate surface area is 128 Å². The fourth-order valence-electron chi connectivity index (χ4n) is 3.79. The zero-order valence-electron chi connectivity index (χ0n) is 12.4. The van der Waals surface area contributed by atoms with E-state index in [9.17, 15) is 9.90 Å². The number of benzene rings is 1. The number of rotatable bonds is 1. The highest BCUT2D eigenvalue weighted by atomic mass is 16.7. The largest absolute Gasteiger partial charge is 0.481 e. The minimum atomic E-state index is -0.810. The Bertz CT molecular complexity index is 778. The second-order valence-electron chi connectivity index (χ2n) is 5.86. The van der Waals surface area contributed by atoms with Gasteiger partial charge in [-0.25, -0.2) is 0 Å². The van der Waals surface area contributed by atoms with Gasteiger partial charge in [0.1, 0.15) is 0 Å². The normalized spacial score (nSPS) is 24.8. The number of aliphatic carboxylic acids is 1. The zero-order valence-corrected chi connectivity index (χ0v) is 12.4. The van der Waals surface area contributed by atoms with E-state index in [0.29, 0.717) is 6.61 Å². The SMILES string of the molecule is Cn1c2c(c3ccccc31)CCN1OCC=C[C@H](C(=O)O)[C@@H]21. The summed E-state index contributed by atoms with van der Waals surface area (Å²) in [6.45, 7) is 1.15. The molecule has 0 amide bonds. The van der Waals surface area contributed by atoms with Crippen LogP contribution in [0.2, 0.25) is 0 Å². The van der Waals surface area contributed by atoms with E-state index in [2.05, 4.69) is 16.7 Å². The second kappa shape index (κ2) is 4.97. The van der Waals surface area contributed by atoms with Crippen LogP contribution in [0.3, 0.4) is 0 Å². The van der Waals surface area contributed by atoms with E-state index in [0.717, 1.165) is 24.2 Å². The Hall–Kier alpha value is -2.11. The van der Waals surface area contributed by atoms with Gasteiger partial charge in [-0.15, -0.1) is 0 Å². The topological polar surface area (TPSA) is 54.7 Å². The molecule has 0 spiro atoms. The standard InChI is InChI=1S/C17H18N2O3/c1-18-14-7-3-2-5-11(14)12-8-9-19-16(15(12)18)13(17(20)21)6-4-10-22-19/h2-7,13,16H,8-10H2,1H3,(H,20,21)/t13-,16-/m0/s1. The van der Waals surface area contributed by atoms with Crippen molar-refractivity contribution in [1.82, 2.24) is 9.63 Å². The first-order valence-electron chi connectivity index (χ1n) is 7.53. The van der Waals surface area contributed by atoms with Gasteiger partial charge in [0.2, 0.25) is 0 Å². The summed E-state index contributed by atoms with van der Waals surface area (Å²) in [5, 5.41) is 12.7. The first-order valence-corrected chi connectivity index (χ1v) is 7.53. The molecule has 2 aliphatic heterocycles. The maximum atomic E-state index is 11.8. The number of hydroxylamine groups is 2. The second-order valence-corrected chi connectivity index (χ2v) is 5.86. The Kier molecular flexibility index (Phi) is 3.06. The highest BCUT2D eigenvalue weighted by molar-refractivity contribution is 5.86. The predicted octanol–water partition coefficient (Wildman–Crippen LogP) is 2.28. The fraction of sp³-hybridized carbons (Fsp3) is 0.353. The molecule has 5 heteroatoms. The molecule has 0 unspecified atom stereocenters. The van der Waals surface area contributed by atoms with Gasteiger partial charge >= 0.3 is 5.97 Å². The Morgan fingerprint density at radius 3 is 3.00 bits per heavy atom. The third-order valence-electron chi connectivity index (χ3n) is 4.74. The van der Waals surface area contributed by atoms with E-state index in [1.54, 1.807) is 12.2 Å². The monoisotopic (exact) mass is 298 g/mol. The van der Waals surface area contributed by atoms with E-state index in [1.807, 2.05) is 24.2 Å². The molecule has 5 nitrogen and oxygen atoms in total. The van der Waals surface area contributed by atoms with Gasteiger partial charge in [0.05, 0.1) is 18.6 Å². The van der Waals surface area contributed by atoms with Crippen LogP contribution in [0.25, 0.3) is 10.9 Å². The summed E-state index contributed by atoms with van der Waals surface area (Å²) in [5.41, 5.74) is 3.46. The number of carbonyl (C=O) groups is 1. The van der Waals surface area contributed by atoms with Crippen LogP contribution in [0.4, 0.5) is 0 Å². The predicted molar refractivity (Wildman–Crippen MR) is 82.3 cm³/mol. The van der Waals surface area contributed by atoms with Gasteiger partial charge < -0.3 is 9.67 Å². The first-order chi connectivity index (χ1) is 10.7. The molecule has 1 aromatic heterocycles. The summed E-state index contributed by atoms with van der Waals surface area (Å²) >= 11 is 0. The zero-order chi connectivity index (χ0) is 15.3. The minimum Gasteiger partial charge on any atom is -0.481 e. The number of aromatic nitrogens is 1. The number of carboxylic acids is 1. The first kappa shape index (κ1) is 13.5. The summed E-state index contributed by atoms with van der Waals surface area (Å²) < 4.78 is 2.12. The smallest absolute Gasteiger partial charge is 0.312 e. The average molecular weight is 298 g/mol. The lowest BCUT2D eigenvalue weighted by Gasteiger charge is -2.36. The molecule has 0 saturated heterocycles. The van der Waals surface area contributed by atoms with E-state index in [-0.39, 0.29) is 6.04 Å². The van der Waals surface area contributed by atoms with Crippen LogP contribution in [0, 0.1) is 5.92 Å². The van der Waals surface area contributed by atoms with Gasteiger partial charge in [0.15, 0.2) is 0 Å². The molecule has 114 valence electrons. The lowest BCUT2D eigenvalue weighted by atomic mass is 9.89. The summed E-state index contributed by atoms with van der Waals surface area (Å²) in [6.07, 6.45) is 4.44. The lowest BCUT2D eigenvalue weighted by Crippen LogP contribution is -2.41. The van der Waals surface area contributed by atoms with Crippen molar-refractivity contribution in [3.05, 3.63) is 47.7 Å². The van der Waals surface area contributed by atoms with Crippen molar-refractivity contribution in [1.29, 1.82) is 0 Å². The third kappa shape index (κ3) is 1.82. The van der Waals surface area contributed by atoms with Crippen molar-refractivity contribution in [3.63, 3.8) is 0 Å². The van der Waals surface area contributed by atoms with Gasteiger partial charge in [-0.3, -0.25) is 9.63 Å². The summed E-state index contributed by atoms with van der Waals surface area (Å²) in [5.74, 6) is -1.40. The van der Waals surface area contributed by atoms with E-state index in [1.165, 1.54) is 10.9 Å². The van der Waals surface area contributed by atoms with Crippen LogP contribution in [-0.4, -0.2) is 33.9 Å². The molecular formula is C17H18N2O3. The maximum Gasteiger partial charge on any atom is 0.312 e. The number of hydrogen-bond donors (Lipinski definition) is 1. The molecule has 22 heavy (non-hydrogen) atoms. The maximum absolute atomic E-state index is 11.8. The Balaban J connectivity index is 1.96. The van der Waals surface area contributed by atoms with Crippen molar-refractivity contribution < 1.29 is 14.7 Å². The number of carboxylic acid groups (broad SMARTS) is 1. The van der Waals surface area contributed by atoms with Crippen LogP contribution >= 0.6 is 0 Å². The molecule has 4 rings (SSSR count). The van der Waals surface area contributed by atoms with Gasteiger partial charge in [-0.2, -0.15) is 5.06 Å². The van der Waals surface area contributed by atoms with E-state index >= 15 is 0 Å². The quantitative estimate of drug-likeness (QED) is 0.821. The molecule has 0 saturated carbocycles. The highest BCUT2D eigenvalue weighted by Crippen LogP contribution is 2.41. The summed E-state index contributed by atoms with van der Waals surface area (Å²) in [6, 6.07) is 7.97. The molecule has 2 atom stereocenters. The lowest BCUT2D eigenvalue weighted by molar-refractivity contribution is -0.193.